The van der Waals surface area contributed by atoms with Gasteiger partial charge < -0.3 is 4.74 Å². The zero-order chi connectivity index (χ0) is 10.5. The van der Waals surface area contributed by atoms with Crippen molar-refractivity contribution in [3.63, 3.8) is 0 Å². The first-order valence-corrected chi connectivity index (χ1v) is 5.70. The Kier molecular flexibility index (Phi) is 4.98. The van der Waals surface area contributed by atoms with Gasteiger partial charge in [-0.3, -0.25) is 0 Å². The minimum Gasteiger partial charge on any atom is -0.380 e. The highest BCUT2D eigenvalue weighted by Crippen LogP contribution is 2.57. The molecule has 1 heterocycles. The van der Waals surface area contributed by atoms with Gasteiger partial charge in [0.25, 0.3) is 0 Å². The molecule has 2 aliphatic rings. The van der Waals surface area contributed by atoms with Gasteiger partial charge in [0.2, 0.25) is 0 Å². The molecule has 2 rings (SSSR count). The summed E-state index contributed by atoms with van der Waals surface area (Å²) >= 11 is 0. The largest absolute Gasteiger partial charge is 0.380 e. The van der Waals surface area contributed by atoms with Crippen LogP contribution in [0.15, 0.2) is 0 Å². The highest BCUT2D eigenvalue weighted by Gasteiger charge is 2.53. The van der Waals surface area contributed by atoms with Crippen LogP contribution >= 0.6 is 0 Å². The van der Waals surface area contributed by atoms with E-state index < -0.39 is 0 Å². The average molecular weight is 186 g/mol. The van der Waals surface area contributed by atoms with Crippen LogP contribution in [0.1, 0.15) is 54.4 Å². The Bertz CT molecular complexity index is 124. The van der Waals surface area contributed by atoms with Crippen LogP contribution in [-0.4, -0.2) is 13.2 Å². The first kappa shape index (κ1) is 13.0. The predicted octanol–water partition coefficient (Wildman–Crippen LogP) is 3.88. The molecule has 0 radical (unpaired) electrons. The smallest absolute Gasteiger partial charge is 0.0545 e. The highest BCUT2D eigenvalue weighted by molar-refractivity contribution is 5.02. The van der Waals surface area contributed by atoms with E-state index >= 15 is 0 Å². The minimum atomic E-state index is 0.629. The van der Waals surface area contributed by atoms with Gasteiger partial charge in [-0.25, -0.2) is 0 Å². The van der Waals surface area contributed by atoms with Crippen molar-refractivity contribution in [1.29, 1.82) is 0 Å². The maximum atomic E-state index is 5.17. The van der Waals surface area contributed by atoms with E-state index in [1.54, 1.807) is 0 Å². The third-order valence-electron chi connectivity index (χ3n) is 2.52. The molecule has 0 unspecified atom stereocenters. The van der Waals surface area contributed by atoms with Gasteiger partial charge >= 0.3 is 0 Å². The van der Waals surface area contributed by atoms with Crippen LogP contribution in [0.4, 0.5) is 0 Å². The standard InChI is InChI=1S/C8H14O.2C2H6/c1-7(2)3-8(4-7)5-9-6-8;2*1-2/h3-6H2,1-2H3;2*1-2H3. The van der Waals surface area contributed by atoms with E-state index in [0.717, 1.165) is 13.2 Å². The van der Waals surface area contributed by atoms with Crippen LogP contribution in [0.3, 0.4) is 0 Å². The van der Waals surface area contributed by atoms with Crippen molar-refractivity contribution in [1.82, 2.24) is 0 Å². The molecule has 1 saturated heterocycles. The Balaban J connectivity index is 0.000000322. The Morgan fingerprint density at radius 1 is 0.846 bits per heavy atom. The SMILES string of the molecule is CC.CC.CC1(C)CC2(COC2)C1. The molecule has 0 aromatic heterocycles. The molecule has 13 heavy (non-hydrogen) atoms. The fourth-order valence-electron chi connectivity index (χ4n) is 2.57. The van der Waals surface area contributed by atoms with E-state index in [0.29, 0.717) is 10.8 Å². The minimum absolute atomic E-state index is 0.629. The quantitative estimate of drug-likeness (QED) is 0.558. The molecule has 0 bridgehead atoms. The van der Waals surface area contributed by atoms with Crippen molar-refractivity contribution in [3.05, 3.63) is 0 Å². The monoisotopic (exact) mass is 186 g/mol. The molecule has 0 atom stereocenters. The fraction of sp³-hybridized carbons (Fsp3) is 1.00. The predicted molar refractivity (Wildman–Crippen MR) is 59.0 cm³/mol. The Morgan fingerprint density at radius 2 is 1.23 bits per heavy atom. The molecular weight excluding hydrogens is 160 g/mol. The van der Waals surface area contributed by atoms with Gasteiger partial charge in [-0.05, 0) is 18.3 Å². The molecule has 0 N–H and O–H groups in total. The normalized spacial score (nSPS) is 25.4. The van der Waals surface area contributed by atoms with Crippen molar-refractivity contribution in [2.24, 2.45) is 10.8 Å². The second kappa shape index (κ2) is 4.99. The summed E-state index contributed by atoms with van der Waals surface area (Å²) in [5.41, 5.74) is 1.28. The first-order chi connectivity index (χ1) is 6.12. The lowest BCUT2D eigenvalue weighted by atomic mass is 9.53. The van der Waals surface area contributed by atoms with E-state index in [-0.39, 0.29) is 0 Å². The van der Waals surface area contributed by atoms with Gasteiger partial charge in [-0.15, -0.1) is 0 Å². The summed E-state index contributed by atoms with van der Waals surface area (Å²) in [4.78, 5) is 0. The zero-order valence-electron chi connectivity index (χ0n) is 10.2. The van der Waals surface area contributed by atoms with Gasteiger partial charge in [0.15, 0.2) is 0 Å². The molecule has 80 valence electrons. The molecule has 1 saturated carbocycles. The average Bonchev–Trinajstić information content (AvgIpc) is 2.04. The van der Waals surface area contributed by atoms with Crippen molar-refractivity contribution in [2.45, 2.75) is 54.4 Å². The second-order valence-corrected chi connectivity index (χ2v) is 4.51. The Hall–Kier alpha value is -0.0400. The number of ether oxygens (including phenoxy) is 1. The van der Waals surface area contributed by atoms with E-state index in [9.17, 15) is 0 Å². The lowest BCUT2D eigenvalue weighted by Gasteiger charge is -2.58. The number of hydrogen-bond acceptors (Lipinski definition) is 1. The number of rotatable bonds is 0. The van der Waals surface area contributed by atoms with Crippen molar-refractivity contribution >= 4 is 0 Å². The molecule has 1 spiro atoms. The van der Waals surface area contributed by atoms with E-state index in [4.69, 9.17) is 4.74 Å². The topological polar surface area (TPSA) is 9.23 Å². The molecule has 0 aromatic rings. The molecule has 1 aliphatic heterocycles. The van der Waals surface area contributed by atoms with Gasteiger partial charge in [-0.2, -0.15) is 0 Å². The van der Waals surface area contributed by atoms with Crippen LogP contribution < -0.4 is 0 Å². The molecule has 0 aromatic carbocycles. The van der Waals surface area contributed by atoms with Crippen LogP contribution in [0.2, 0.25) is 0 Å². The van der Waals surface area contributed by atoms with Crippen LogP contribution in [0, 0.1) is 10.8 Å². The summed E-state index contributed by atoms with van der Waals surface area (Å²) in [6.45, 7) is 14.8. The van der Waals surface area contributed by atoms with E-state index in [1.165, 1.54) is 12.8 Å². The van der Waals surface area contributed by atoms with Crippen molar-refractivity contribution < 1.29 is 4.74 Å². The summed E-state index contributed by atoms with van der Waals surface area (Å²) in [5.74, 6) is 0. The van der Waals surface area contributed by atoms with E-state index in [1.807, 2.05) is 27.7 Å². The van der Waals surface area contributed by atoms with Crippen molar-refractivity contribution in [3.8, 4) is 0 Å². The zero-order valence-corrected chi connectivity index (χ0v) is 10.2. The summed E-state index contributed by atoms with van der Waals surface area (Å²) < 4.78 is 5.17. The number of hydrogen-bond donors (Lipinski definition) is 0. The van der Waals surface area contributed by atoms with Crippen LogP contribution in [0.25, 0.3) is 0 Å². The molecule has 1 nitrogen and oxygen atoms in total. The van der Waals surface area contributed by atoms with Gasteiger partial charge in [-0.1, -0.05) is 41.5 Å². The Morgan fingerprint density at radius 3 is 1.31 bits per heavy atom. The highest BCUT2D eigenvalue weighted by atomic mass is 16.5. The molecular formula is C12H26O. The van der Waals surface area contributed by atoms with Crippen molar-refractivity contribution in [2.75, 3.05) is 13.2 Å². The second-order valence-electron chi connectivity index (χ2n) is 4.51. The van der Waals surface area contributed by atoms with Gasteiger partial charge in [0.05, 0.1) is 13.2 Å². The summed E-state index contributed by atoms with van der Waals surface area (Å²) in [5, 5.41) is 0. The third-order valence-corrected chi connectivity index (χ3v) is 2.52. The summed E-state index contributed by atoms with van der Waals surface area (Å²) in [6.07, 6.45) is 2.78. The first-order valence-electron chi connectivity index (χ1n) is 5.70. The maximum Gasteiger partial charge on any atom is 0.0545 e. The third kappa shape index (κ3) is 2.98. The van der Waals surface area contributed by atoms with Gasteiger partial charge in [0.1, 0.15) is 0 Å². The fourth-order valence-corrected chi connectivity index (χ4v) is 2.57. The molecule has 1 heteroatoms. The summed E-state index contributed by atoms with van der Waals surface area (Å²) in [7, 11) is 0. The lowest BCUT2D eigenvalue weighted by Crippen LogP contribution is -2.55. The van der Waals surface area contributed by atoms with Crippen LogP contribution in [0.5, 0.6) is 0 Å². The summed E-state index contributed by atoms with van der Waals surface area (Å²) in [6, 6.07) is 0. The molecule has 2 fully saturated rings. The lowest BCUT2D eigenvalue weighted by molar-refractivity contribution is -0.202. The van der Waals surface area contributed by atoms with Gasteiger partial charge in [0, 0.05) is 5.41 Å². The molecule has 0 amide bonds. The van der Waals surface area contributed by atoms with E-state index in [2.05, 4.69) is 13.8 Å². The molecule has 1 aliphatic carbocycles. The van der Waals surface area contributed by atoms with Crippen LogP contribution in [-0.2, 0) is 4.74 Å². The Labute approximate surface area is 83.9 Å². The maximum absolute atomic E-state index is 5.17.